The highest BCUT2D eigenvalue weighted by atomic mass is 35.5. The van der Waals surface area contributed by atoms with Crippen molar-refractivity contribution in [3.8, 4) is 11.8 Å². The summed E-state index contributed by atoms with van der Waals surface area (Å²) in [6.07, 6.45) is 1.66. The van der Waals surface area contributed by atoms with Gasteiger partial charge in [-0.2, -0.15) is 15.1 Å². The summed E-state index contributed by atoms with van der Waals surface area (Å²) in [5, 5.41) is 4.84. The second kappa shape index (κ2) is 9.75. The van der Waals surface area contributed by atoms with Gasteiger partial charge >= 0.3 is 0 Å². The minimum atomic E-state index is -0.376. The van der Waals surface area contributed by atoms with E-state index in [-0.39, 0.29) is 16.6 Å². The summed E-state index contributed by atoms with van der Waals surface area (Å²) >= 11 is 7.44. The van der Waals surface area contributed by atoms with Crippen LogP contribution in [-0.4, -0.2) is 41.6 Å². The first-order valence-electron chi connectivity index (χ1n) is 8.46. The van der Waals surface area contributed by atoms with E-state index >= 15 is 0 Å². The van der Waals surface area contributed by atoms with Crippen LogP contribution in [0.2, 0.25) is 5.02 Å². The van der Waals surface area contributed by atoms with Crippen LogP contribution in [0, 0.1) is 5.41 Å². The summed E-state index contributed by atoms with van der Waals surface area (Å²) < 4.78 is 10.4. The van der Waals surface area contributed by atoms with Crippen LogP contribution in [0.25, 0.3) is 0 Å². The molecule has 0 aliphatic carbocycles. The molecule has 150 valence electrons. The second-order valence-corrected chi connectivity index (χ2v) is 8.35. The average molecular weight is 423 g/mol. The smallest absolute Gasteiger partial charge is 0.272 e. The van der Waals surface area contributed by atoms with Crippen molar-refractivity contribution in [2.45, 2.75) is 31.2 Å². The Labute approximate surface area is 173 Å². The van der Waals surface area contributed by atoms with Crippen LogP contribution in [0.1, 0.15) is 31.1 Å². The Morgan fingerprint density at radius 1 is 1.21 bits per heavy atom. The van der Waals surface area contributed by atoms with Gasteiger partial charge in [-0.25, -0.2) is 5.43 Å². The van der Waals surface area contributed by atoms with Crippen molar-refractivity contribution in [1.29, 1.82) is 0 Å². The zero-order valence-corrected chi connectivity index (χ0v) is 18.0. The summed E-state index contributed by atoms with van der Waals surface area (Å²) in [6.45, 7) is 6.18. The minimum absolute atomic E-state index is 0.129. The Morgan fingerprint density at radius 2 is 1.82 bits per heavy atom. The number of nitrogens with zero attached hydrogens (tertiary/aromatic N) is 3. The third kappa shape index (κ3) is 6.10. The fourth-order valence-corrected chi connectivity index (χ4v) is 3.27. The first-order valence-corrected chi connectivity index (χ1v) is 9.72. The molecule has 0 aliphatic heterocycles. The molecule has 7 nitrogen and oxygen atoms in total. The highest BCUT2D eigenvalue weighted by Crippen LogP contribution is 2.34. The first-order chi connectivity index (χ1) is 13.2. The van der Waals surface area contributed by atoms with Crippen LogP contribution in [0.3, 0.4) is 0 Å². The number of aromatic nitrogens is 2. The molecule has 0 fully saturated rings. The van der Waals surface area contributed by atoms with Gasteiger partial charge in [-0.3, -0.25) is 4.79 Å². The molecule has 0 saturated carbocycles. The molecule has 2 aromatic rings. The minimum Gasteiger partial charge on any atom is -0.481 e. The monoisotopic (exact) mass is 422 g/mol. The Kier molecular flexibility index (Phi) is 7.65. The Morgan fingerprint density at radius 3 is 2.36 bits per heavy atom. The van der Waals surface area contributed by atoms with Gasteiger partial charge in [-0.1, -0.05) is 56.3 Å². The van der Waals surface area contributed by atoms with Crippen molar-refractivity contribution < 1.29 is 14.3 Å². The predicted molar refractivity (Wildman–Crippen MR) is 112 cm³/mol. The van der Waals surface area contributed by atoms with Gasteiger partial charge in [-0.15, -0.1) is 0 Å². The second-order valence-electron chi connectivity index (χ2n) is 6.84. The Balaban J connectivity index is 2.15. The molecule has 1 aromatic carbocycles. The van der Waals surface area contributed by atoms with E-state index < -0.39 is 0 Å². The van der Waals surface area contributed by atoms with Gasteiger partial charge in [0.1, 0.15) is 0 Å². The number of methoxy groups -OCH3 is 2. The summed E-state index contributed by atoms with van der Waals surface area (Å²) in [7, 11) is 3.06. The van der Waals surface area contributed by atoms with Gasteiger partial charge in [0.25, 0.3) is 5.91 Å². The standard InChI is InChI=1S/C19H23ClN4O3S/c1-19(2,3)14(28-18-22-15(26-4)10-16(23-18)27-5)11-21-24-17(25)12-8-6-7-9-13(12)20/h6-11,14H,1-5H3,(H,24,25). The van der Waals surface area contributed by atoms with Crippen molar-refractivity contribution in [3.05, 3.63) is 40.9 Å². The van der Waals surface area contributed by atoms with E-state index in [0.717, 1.165) is 0 Å². The number of carbonyl (C=O) groups excluding carboxylic acids is 1. The summed E-state index contributed by atoms with van der Waals surface area (Å²) in [5.74, 6) is 0.441. The van der Waals surface area contributed by atoms with Gasteiger partial charge in [0.15, 0.2) is 5.16 Å². The molecule has 0 aliphatic rings. The van der Waals surface area contributed by atoms with Gasteiger partial charge in [0.05, 0.1) is 36.1 Å². The van der Waals surface area contributed by atoms with Crippen LogP contribution in [-0.2, 0) is 0 Å². The molecule has 1 heterocycles. The van der Waals surface area contributed by atoms with Crippen molar-refractivity contribution in [2.24, 2.45) is 10.5 Å². The van der Waals surface area contributed by atoms with Crippen LogP contribution in [0.4, 0.5) is 0 Å². The lowest BCUT2D eigenvalue weighted by Crippen LogP contribution is -2.27. The molecule has 1 unspecified atom stereocenters. The molecule has 1 atom stereocenters. The highest BCUT2D eigenvalue weighted by molar-refractivity contribution is 8.00. The fraction of sp³-hybridized carbons (Fsp3) is 0.368. The van der Waals surface area contributed by atoms with Crippen molar-refractivity contribution in [3.63, 3.8) is 0 Å². The number of amides is 1. The van der Waals surface area contributed by atoms with E-state index in [0.29, 0.717) is 27.5 Å². The summed E-state index contributed by atoms with van der Waals surface area (Å²) in [6, 6.07) is 8.40. The molecule has 9 heteroatoms. The molecule has 0 spiro atoms. The van der Waals surface area contributed by atoms with Gasteiger partial charge in [-0.05, 0) is 17.5 Å². The lowest BCUT2D eigenvalue weighted by Gasteiger charge is -2.26. The molecule has 0 saturated heterocycles. The van der Waals surface area contributed by atoms with Crippen LogP contribution >= 0.6 is 23.4 Å². The number of ether oxygens (including phenoxy) is 2. The molecule has 0 bridgehead atoms. The molecule has 1 aromatic heterocycles. The molecular weight excluding hydrogens is 400 g/mol. The molecule has 2 rings (SSSR count). The summed E-state index contributed by atoms with van der Waals surface area (Å²) in [4.78, 5) is 20.9. The number of benzene rings is 1. The maximum absolute atomic E-state index is 12.2. The molecule has 1 amide bonds. The Bertz CT molecular complexity index is 833. The molecule has 1 N–H and O–H groups in total. The maximum Gasteiger partial charge on any atom is 0.272 e. The van der Waals surface area contributed by atoms with Gasteiger partial charge in [0.2, 0.25) is 11.8 Å². The number of nitrogens with one attached hydrogen (secondary N) is 1. The maximum atomic E-state index is 12.2. The average Bonchev–Trinajstić information content (AvgIpc) is 2.66. The third-order valence-corrected chi connectivity index (χ3v) is 5.46. The summed E-state index contributed by atoms with van der Waals surface area (Å²) in [5.41, 5.74) is 2.70. The zero-order chi connectivity index (χ0) is 20.7. The topological polar surface area (TPSA) is 85.7 Å². The van der Waals surface area contributed by atoms with E-state index in [4.69, 9.17) is 21.1 Å². The van der Waals surface area contributed by atoms with Crippen molar-refractivity contribution >= 4 is 35.5 Å². The van der Waals surface area contributed by atoms with E-state index in [2.05, 4.69) is 41.3 Å². The number of hydrogen-bond donors (Lipinski definition) is 1. The van der Waals surface area contributed by atoms with Crippen molar-refractivity contribution in [1.82, 2.24) is 15.4 Å². The largest absolute Gasteiger partial charge is 0.481 e. The number of carbonyl (C=O) groups is 1. The van der Waals surface area contributed by atoms with E-state index in [1.807, 2.05) is 0 Å². The number of rotatable bonds is 7. The molecule has 0 radical (unpaired) electrons. The lowest BCUT2D eigenvalue weighted by atomic mass is 9.92. The van der Waals surface area contributed by atoms with E-state index in [9.17, 15) is 4.79 Å². The first kappa shape index (κ1) is 22.0. The molecular formula is C19H23ClN4O3S. The Hall–Kier alpha value is -2.32. The number of hydrazone groups is 1. The number of hydrogen-bond acceptors (Lipinski definition) is 7. The van der Waals surface area contributed by atoms with E-state index in [1.54, 1.807) is 36.5 Å². The number of halogens is 1. The molecule has 28 heavy (non-hydrogen) atoms. The van der Waals surface area contributed by atoms with Crippen LogP contribution in [0.5, 0.6) is 11.8 Å². The lowest BCUT2D eigenvalue weighted by molar-refractivity contribution is 0.0955. The quantitative estimate of drug-likeness (QED) is 0.313. The van der Waals surface area contributed by atoms with Crippen LogP contribution < -0.4 is 14.9 Å². The SMILES string of the molecule is COc1cc(OC)nc(SC(C=NNC(=O)c2ccccc2Cl)C(C)(C)C)n1. The zero-order valence-electron chi connectivity index (χ0n) is 16.4. The fourth-order valence-electron chi connectivity index (χ4n) is 2.06. The van der Waals surface area contributed by atoms with Gasteiger partial charge < -0.3 is 9.47 Å². The normalized spacial score (nSPS) is 12.6. The van der Waals surface area contributed by atoms with E-state index in [1.165, 1.54) is 26.0 Å². The van der Waals surface area contributed by atoms with Crippen molar-refractivity contribution in [2.75, 3.05) is 14.2 Å². The number of thioether (sulfide) groups is 1. The van der Waals surface area contributed by atoms with Gasteiger partial charge in [0, 0.05) is 6.21 Å². The van der Waals surface area contributed by atoms with Crippen LogP contribution in [0.15, 0.2) is 40.6 Å². The predicted octanol–water partition coefficient (Wildman–Crippen LogP) is 4.07. The third-order valence-electron chi connectivity index (χ3n) is 3.66. The highest BCUT2D eigenvalue weighted by Gasteiger charge is 2.26.